The molecule has 0 amide bonds. The summed E-state index contributed by atoms with van der Waals surface area (Å²) in [7, 11) is 1.13. The number of rotatable bonds is 4. The standard InChI is InChI=1S/C14H23NOS/c1-14(2,3)12-8-6-11(7-9-12)13(15-4)10-17(5)16/h6-9,13,15H,10H2,1-5H3. The van der Waals surface area contributed by atoms with Gasteiger partial charge in [0.1, 0.15) is 0 Å². The molecule has 1 rings (SSSR count). The second-order valence-electron chi connectivity index (χ2n) is 5.45. The largest absolute Gasteiger partial charge is 0.312 e. The summed E-state index contributed by atoms with van der Waals surface area (Å²) in [5, 5.41) is 3.21. The summed E-state index contributed by atoms with van der Waals surface area (Å²) in [6.07, 6.45) is 1.74. The van der Waals surface area contributed by atoms with Gasteiger partial charge in [-0.3, -0.25) is 4.21 Å². The number of hydrogen-bond acceptors (Lipinski definition) is 2. The predicted octanol–water partition coefficient (Wildman–Crippen LogP) is 2.62. The van der Waals surface area contributed by atoms with Gasteiger partial charge in [-0.2, -0.15) is 0 Å². The van der Waals surface area contributed by atoms with Gasteiger partial charge in [0.15, 0.2) is 0 Å². The van der Waals surface area contributed by atoms with Crippen LogP contribution in [-0.2, 0) is 16.2 Å². The Labute approximate surface area is 107 Å². The van der Waals surface area contributed by atoms with Gasteiger partial charge in [-0.05, 0) is 23.6 Å². The van der Waals surface area contributed by atoms with Gasteiger partial charge in [0, 0.05) is 28.9 Å². The first-order valence-corrected chi connectivity index (χ1v) is 7.65. The van der Waals surface area contributed by atoms with E-state index in [4.69, 9.17) is 0 Å². The lowest BCUT2D eigenvalue weighted by Gasteiger charge is -2.21. The lowest BCUT2D eigenvalue weighted by Crippen LogP contribution is -2.22. The van der Waals surface area contributed by atoms with E-state index in [2.05, 4.69) is 50.4 Å². The van der Waals surface area contributed by atoms with E-state index in [0.717, 1.165) is 0 Å². The monoisotopic (exact) mass is 253 g/mol. The minimum atomic E-state index is -0.781. The van der Waals surface area contributed by atoms with Crippen molar-refractivity contribution in [2.75, 3.05) is 19.1 Å². The lowest BCUT2D eigenvalue weighted by molar-refractivity contribution is 0.588. The predicted molar refractivity (Wildman–Crippen MR) is 75.9 cm³/mol. The molecule has 0 radical (unpaired) electrons. The molecule has 0 bridgehead atoms. The highest BCUT2D eigenvalue weighted by Crippen LogP contribution is 2.24. The van der Waals surface area contributed by atoms with Crippen LogP contribution in [0.1, 0.15) is 37.9 Å². The molecule has 3 heteroatoms. The van der Waals surface area contributed by atoms with Crippen LogP contribution >= 0.6 is 0 Å². The van der Waals surface area contributed by atoms with Gasteiger partial charge in [-0.1, -0.05) is 45.0 Å². The Balaban J connectivity index is 2.89. The van der Waals surface area contributed by atoms with E-state index in [1.807, 2.05) is 7.05 Å². The fourth-order valence-electron chi connectivity index (χ4n) is 1.80. The maximum absolute atomic E-state index is 11.3. The average molecular weight is 253 g/mol. The zero-order chi connectivity index (χ0) is 13.1. The molecule has 0 fully saturated rings. The van der Waals surface area contributed by atoms with E-state index in [1.54, 1.807) is 6.26 Å². The first-order valence-electron chi connectivity index (χ1n) is 5.92. The van der Waals surface area contributed by atoms with Crippen molar-refractivity contribution in [2.45, 2.75) is 32.2 Å². The van der Waals surface area contributed by atoms with Crippen molar-refractivity contribution in [3.8, 4) is 0 Å². The highest BCUT2D eigenvalue weighted by Gasteiger charge is 2.15. The van der Waals surface area contributed by atoms with Crippen LogP contribution < -0.4 is 5.32 Å². The molecule has 2 unspecified atom stereocenters. The molecule has 0 aliphatic heterocycles. The van der Waals surface area contributed by atoms with Gasteiger partial charge in [0.25, 0.3) is 0 Å². The third-order valence-electron chi connectivity index (χ3n) is 2.93. The molecule has 0 aliphatic rings. The fraction of sp³-hybridized carbons (Fsp3) is 0.571. The quantitative estimate of drug-likeness (QED) is 0.893. The topological polar surface area (TPSA) is 29.1 Å². The maximum Gasteiger partial charge on any atom is 0.0434 e. The van der Waals surface area contributed by atoms with Gasteiger partial charge in [-0.25, -0.2) is 0 Å². The highest BCUT2D eigenvalue weighted by molar-refractivity contribution is 7.84. The van der Waals surface area contributed by atoms with Gasteiger partial charge < -0.3 is 5.32 Å². The second kappa shape index (κ2) is 5.78. The molecule has 0 saturated heterocycles. The molecular weight excluding hydrogens is 230 g/mol. The molecular formula is C14H23NOS. The van der Waals surface area contributed by atoms with Crippen LogP contribution in [0.25, 0.3) is 0 Å². The van der Waals surface area contributed by atoms with Crippen LogP contribution in [0, 0.1) is 0 Å². The highest BCUT2D eigenvalue weighted by atomic mass is 32.2. The molecule has 0 saturated carbocycles. The first-order chi connectivity index (χ1) is 7.84. The van der Waals surface area contributed by atoms with Crippen LogP contribution in [0.2, 0.25) is 0 Å². The molecule has 0 heterocycles. The summed E-state index contributed by atoms with van der Waals surface area (Å²) in [6, 6.07) is 8.77. The first kappa shape index (κ1) is 14.4. The molecule has 2 atom stereocenters. The van der Waals surface area contributed by atoms with Crippen LogP contribution in [-0.4, -0.2) is 23.3 Å². The summed E-state index contributed by atoms with van der Waals surface area (Å²) < 4.78 is 11.3. The van der Waals surface area contributed by atoms with Crippen LogP contribution in [0.4, 0.5) is 0 Å². The average Bonchev–Trinajstić information content (AvgIpc) is 2.24. The molecule has 17 heavy (non-hydrogen) atoms. The molecule has 0 aliphatic carbocycles. The maximum atomic E-state index is 11.3. The van der Waals surface area contributed by atoms with E-state index >= 15 is 0 Å². The lowest BCUT2D eigenvalue weighted by atomic mass is 9.86. The van der Waals surface area contributed by atoms with Crippen LogP contribution in [0.5, 0.6) is 0 Å². The van der Waals surface area contributed by atoms with Crippen molar-refractivity contribution in [3.63, 3.8) is 0 Å². The molecule has 2 nitrogen and oxygen atoms in total. The minimum Gasteiger partial charge on any atom is -0.312 e. The van der Waals surface area contributed by atoms with Crippen molar-refractivity contribution >= 4 is 10.8 Å². The third-order valence-corrected chi connectivity index (χ3v) is 3.73. The Morgan fingerprint density at radius 1 is 1.24 bits per heavy atom. The second-order valence-corrected chi connectivity index (χ2v) is 6.93. The molecule has 0 spiro atoms. The summed E-state index contributed by atoms with van der Waals surface area (Å²) >= 11 is 0. The van der Waals surface area contributed by atoms with Crippen molar-refractivity contribution < 1.29 is 4.21 Å². The fourth-order valence-corrected chi connectivity index (χ4v) is 2.62. The van der Waals surface area contributed by atoms with E-state index in [9.17, 15) is 4.21 Å². The molecule has 96 valence electrons. The van der Waals surface area contributed by atoms with Gasteiger partial charge in [0.05, 0.1) is 0 Å². The SMILES string of the molecule is CNC(CS(C)=O)c1ccc(C(C)(C)C)cc1. The van der Waals surface area contributed by atoms with E-state index in [0.29, 0.717) is 5.75 Å². The zero-order valence-corrected chi connectivity index (χ0v) is 12.2. The Kier molecular flexibility index (Phi) is 4.90. The summed E-state index contributed by atoms with van der Waals surface area (Å²) in [5.41, 5.74) is 2.71. The number of benzene rings is 1. The van der Waals surface area contributed by atoms with E-state index in [1.165, 1.54) is 11.1 Å². The molecule has 1 aromatic rings. The number of nitrogens with one attached hydrogen (secondary N) is 1. The van der Waals surface area contributed by atoms with Gasteiger partial charge in [-0.15, -0.1) is 0 Å². The van der Waals surface area contributed by atoms with Crippen LogP contribution in [0.15, 0.2) is 24.3 Å². The van der Waals surface area contributed by atoms with Gasteiger partial charge >= 0.3 is 0 Å². The minimum absolute atomic E-state index is 0.176. The van der Waals surface area contributed by atoms with Crippen molar-refractivity contribution in [1.82, 2.24) is 5.32 Å². The smallest absolute Gasteiger partial charge is 0.0434 e. The zero-order valence-electron chi connectivity index (χ0n) is 11.4. The summed E-state index contributed by atoms with van der Waals surface area (Å²) in [5.74, 6) is 0.658. The molecule has 1 N–H and O–H groups in total. The number of hydrogen-bond donors (Lipinski definition) is 1. The molecule has 0 aromatic heterocycles. The molecule has 1 aromatic carbocycles. The summed E-state index contributed by atoms with van der Waals surface area (Å²) in [4.78, 5) is 0. The Bertz CT molecular complexity index is 378. The Morgan fingerprint density at radius 3 is 2.12 bits per heavy atom. The van der Waals surface area contributed by atoms with Crippen molar-refractivity contribution in [2.24, 2.45) is 0 Å². The third kappa shape index (κ3) is 4.25. The van der Waals surface area contributed by atoms with Gasteiger partial charge in [0.2, 0.25) is 0 Å². The Hall–Kier alpha value is -0.670. The van der Waals surface area contributed by atoms with Crippen molar-refractivity contribution in [1.29, 1.82) is 0 Å². The normalized spacial score (nSPS) is 15.6. The van der Waals surface area contributed by atoms with E-state index in [-0.39, 0.29) is 11.5 Å². The van der Waals surface area contributed by atoms with E-state index < -0.39 is 10.8 Å². The van der Waals surface area contributed by atoms with Crippen molar-refractivity contribution in [3.05, 3.63) is 35.4 Å². The summed E-state index contributed by atoms with van der Waals surface area (Å²) in [6.45, 7) is 6.62. The van der Waals surface area contributed by atoms with Crippen LogP contribution in [0.3, 0.4) is 0 Å². The Morgan fingerprint density at radius 2 is 1.76 bits per heavy atom.